The van der Waals surface area contributed by atoms with E-state index in [2.05, 4.69) is 15.8 Å². The minimum atomic E-state index is -0.0168. The summed E-state index contributed by atoms with van der Waals surface area (Å²) in [6, 6.07) is 2.16. The molecule has 0 N–H and O–H groups in total. The fourth-order valence-electron chi connectivity index (χ4n) is 2.24. The number of thioether (sulfide) groups is 1. The van der Waals surface area contributed by atoms with Gasteiger partial charge in [0.15, 0.2) is 6.29 Å². The molecule has 3 rings (SSSR count). The molecule has 0 saturated carbocycles. The summed E-state index contributed by atoms with van der Waals surface area (Å²) < 4.78 is 13.4. The van der Waals surface area contributed by atoms with Crippen LogP contribution < -0.4 is 0 Å². The minimum absolute atomic E-state index is 0.0168. The van der Waals surface area contributed by atoms with Gasteiger partial charge in [0.1, 0.15) is 0 Å². The fourth-order valence-corrected chi connectivity index (χ4v) is 3.13. The summed E-state index contributed by atoms with van der Waals surface area (Å²) >= 11 is 1.97. The molecule has 4 nitrogen and oxygen atoms in total. The molecule has 1 aromatic heterocycles. The maximum atomic E-state index is 5.74. The van der Waals surface area contributed by atoms with Gasteiger partial charge in [0.05, 0.1) is 18.8 Å². The fraction of sp³-hybridized carbons (Fsp3) is 0.750. The van der Waals surface area contributed by atoms with Gasteiger partial charge in [0.2, 0.25) is 0 Å². The quantitative estimate of drug-likeness (QED) is 0.828. The smallest absolute Gasteiger partial charge is 0.158 e. The van der Waals surface area contributed by atoms with Crippen molar-refractivity contribution in [3.63, 3.8) is 0 Å². The molecule has 0 spiro atoms. The van der Waals surface area contributed by atoms with Gasteiger partial charge < -0.3 is 9.47 Å². The molecule has 17 heavy (non-hydrogen) atoms. The van der Waals surface area contributed by atoms with Crippen molar-refractivity contribution in [2.45, 2.75) is 44.5 Å². The average molecular weight is 254 g/mol. The van der Waals surface area contributed by atoms with E-state index in [0.29, 0.717) is 6.61 Å². The summed E-state index contributed by atoms with van der Waals surface area (Å²) in [5, 5.41) is 4.56. The highest BCUT2D eigenvalue weighted by molar-refractivity contribution is 7.98. The molecule has 3 heterocycles. The lowest BCUT2D eigenvalue weighted by Crippen LogP contribution is -2.22. The van der Waals surface area contributed by atoms with Crippen LogP contribution in [0.1, 0.15) is 30.7 Å². The Labute approximate surface area is 106 Å². The van der Waals surface area contributed by atoms with Crippen molar-refractivity contribution >= 4 is 11.8 Å². The van der Waals surface area contributed by atoms with E-state index >= 15 is 0 Å². The number of hydrogen-bond donors (Lipinski definition) is 0. The second kappa shape index (κ2) is 5.42. The summed E-state index contributed by atoms with van der Waals surface area (Å²) in [5.74, 6) is 2.24. The standard InChI is InChI=1S/C12H18N2O2S/c1-2-5-15-12(3-1)16-8-10-7-11-9-17-6-4-14(11)13-10/h7,12H,1-6,8-9H2. The topological polar surface area (TPSA) is 36.3 Å². The van der Waals surface area contributed by atoms with Gasteiger partial charge in [0, 0.05) is 23.8 Å². The van der Waals surface area contributed by atoms with Gasteiger partial charge in [-0.2, -0.15) is 16.9 Å². The Morgan fingerprint density at radius 3 is 3.35 bits per heavy atom. The van der Waals surface area contributed by atoms with E-state index in [-0.39, 0.29) is 6.29 Å². The molecule has 0 aliphatic carbocycles. The van der Waals surface area contributed by atoms with Crippen LogP contribution in [-0.4, -0.2) is 28.4 Å². The number of ether oxygens (including phenoxy) is 2. The second-order valence-corrected chi connectivity index (χ2v) is 5.62. The predicted molar refractivity (Wildman–Crippen MR) is 66.8 cm³/mol. The van der Waals surface area contributed by atoms with Crippen molar-refractivity contribution in [1.29, 1.82) is 0 Å². The lowest BCUT2D eigenvalue weighted by molar-refractivity contribution is -0.169. The van der Waals surface area contributed by atoms with Crippen LogP contribution in [0.5, 0.6) is 0 Å². The van der Waals surface area contributed by atoms with E-state index < -0.39 is 0 Å². The third-order valence-electron chi connectivity index (χ3n) is 3.17. The van der Waals surface area contributed by atoms with Crippen molar-refractivity contribution < 1.29 is 9.47 Å². The Morgan fingerprint density at radius 2 is 2.53 bits per heavy atom. The number of hydrogen-bond acceptors (Lipinski definition) is 4. The molecule has 1 fully saturated rings. The number of nitrogens with zero attached hydrogens (tertiary/aromatic N) is 2. The molecule has 0 amide bonds. The van der Waals surface area contributed by atoms with E-state index in [1.165, 1.54) is 17.9 Å². The second-order valence-electron chi connectivity index (χ2n) is 4.51. The van der Waals surface area contributed by atoms with E-state index in [1.807, 2.05) is 11.8 Å². The lowest BCUT2D eigenvalue weighted by atomic mass is 10.2. The number of aryl methyl sites for hydroxylation is 1. The summed E-state index contributed by atoms with van der Waals surface area (Å²) in [6.45, 7) is 2.44. The van der Waals surface area contributed by atoms with Gasteiger partial charge in [-0.15, -0.1) is 0 Å². The van der Waals surface area contributed by atoms with Gasteiger partial charge in [-0.05, 0) is 25.3 Å². The van der Waals surface area contributed by atoms with Gasteiger partial charge in [0.25, 0.3) is 0 Å². The van der Waals surface area contributed by atoms with Crippen LogP contribution in [0, 0.1) is 0 Å². The molecule has 2 aliphatic heterocycles. The SMILES string of the molecule is c1c(COC2CCCCO2)nn2c1CSCC2. The van der Waals surface area contributed by atoms with Crippen molar-refractivity contribution in [3.05, 3.63) is 17.5 Å². The van der Waals surface area contributed by atoms with Crippen molar-refractivity contribution in [1.82, 2.24) is 9.78 Å². The van der Waals surface area contributed by atoms with Gasteiger partial charge in [-0.25, -0.2) is 0 Å². The first-order valence-electron chi connectivity index (χ1n) is 6.28. The Hall–Kier alpha value is -0.520. The van der Waals surface area contributed by atoms with E-state index in [4.69, 9.17) is 9.47 Å². The molecule has 1 unspecified atom stereocenters. The zero-order valence-corrected chi connectivity index (χ0v) is 10.7. The molecule has 1 aromatic rings. The van der Waals surface area contributed by atoms with Crippen LogP contribution in [-0.2, 0) is 28.4 Å². The lowest BCUT2D eigenvalue weighted by Gasteiger charge is -2.22. The number of fused-ring (bicyclic) bond motifs is 1. The molecular formula is C12H18N2O2S. The third kappa shape index (κ3) is 2.84. The van der Waals surface area contributed by atoms with E-state index in [0.717, 1.165) is 37.4 Å². The van der Waals surface area contributed by atoms with E-state index in [9.17, 15) is 0 Å². The largest absolute Gasteiger partial charge is 0.353 e. The molecule has 2 aliphatic rings. The Balaban J connectivity index is 1.55. The molecule has 5 heteroatoms. The first-order chi connectivity index (χ1) is 8.42. The average Bonchev–Trinajstić information content (AvgIpc) is 2.80. The molecule has 1 atom stereocenters. The minimum Gasteiger partial charge on any atom is -0.353 e. The van der Waals surface area contributed by atoms with E-state index in [1.54, 1.807) is 0 Å². The maximum absolute atomic E-state index is 5.74. The first kappa shape index (κ1) is 11.6. The molecular weight excluding hydrogens is 236 g/mol. The summed E-state index contributed by atoms with van der Waals surface area (Å²) in [6.07, 6.45) is 3.37. The molecule has 94 valence electrons. The zero-order valence-electron chi connectivity index (χ0n) is 9.93. The van der Waals surface area contributed by atoms with Gasteiger partial charge in [-0.3, -0.25) is 4.68 Å². The Morgan fingerprint density at radius 1 is 1.53 bits per heavy atom. The van der Waals surface area contributed by atoms with Gasteiger partial charge >= 0.3 is 0 Å². The summed E-state index contributed by atoms with van der Waals surface area (Å²) in [4.78, 5) is 0. The number of rotatable bonds is 3. The molecule has 1 saturated heterocycles. The molecule has 0 bridgehead atoms. The first-order valence-corrected chi connectivity index (χ1v) is 7.44. The van der Waals surface area contributed by atoms with Crippen LogP contribution in [0.4, 0.5) is 0 Å². The highest BCUT2D eigenvalue weighted by Gasteiger charge is 2.16. The van der Waals surface area contributed by atoms with Crippen LogP contribution in [0.3, 0.4) is 0 Å². The zero-order chi connectivity index (χ0) is 11.5. The van der Waals surface area contributed by atoms with Crippen LogP contribution in [0.15, 0.2) is 6.07 Å². The van der Waals surface area contributed by atoms with Crippen LogP contribution in [0.2, 0.25) is 0 Å². The van der Waals surface area contributed by atoms with Crippen LogP contribution >= 0.6 is 11.8 Å². The van der Waals surface area contributed by atoms with Crippen molar-refractivity contribution in [3.8, 4) is 0 Å². The van der Waals surface area contributed by atoms with Crippen molar-refractivity contribution in [2.75, 3.05) is 12.4 Å². The third-order valence-corrected chi connectivity index (χ3v) is 4.14. The van der Waals surface area contributed by atoms with Gasteiger partial charge in [-0.1, -0.05) is 0 Å². The maximum Gasteiger partial charge on any atom is 0.158 e. The molecule has 0 aromatic carbocycles. The van der Waals surface area contributed by atoms with Crippen molar-refractivity contribution in [2.24, 2.45) is 0 Å². The predicted octanol–water partition coefficient (Wildman–Crippen LogP) is 2.17. The highest BCUT2D eigenvalue weighted by atomic mass is 32.2. The summed E-state index contributed by atoms with van der Waals surface area (Å²) in [7, 11) is 0. The Kier molecular flexibility index (Phi) is 3.68. The summed E-state index contributed by atoms with van der Waals surface area (Å²) in [5.41, 5.74) is 2.36. The van der Waals surface area contributed by atoms with Crippen LogP contribution in [0.25, 0.3) is 0 Å². The monoisotopic (exact) mass is 254 g/mol. The Bertz CT molecular complexity index is 351. The number of aromatic nitrogens is 2. The molecule has 0 radical (unpaired) electrons. The normalized spacial score (nSPS) is 24.6. The highest BCUT2D eigenvalue weighted by Crippen LogP contribution is 2.21.